The second-order valence-corrected chi connectivity index (χ2v) is 6.66. The lowest BCUT2D eigenvalue weighted by Crippen LogP contribution is -2.46. The van der Waals surface area contributed by atoms with Gasteiger partial charge in [0.1, 0.15) is 5.82 Å². The van der Waals surface area contributed by atoms with Crippen LogP contribution in [0.1, 0.15) is 50.3 Å². The van der Waals surface area contributed by atoms with Gasteiger partial charge >= 0.3 is 0 Å². The van der Waals surface area contributed by atoms with E-state index in [9.17, 15) is 4.79 Å². The van der Waals surface area contributed by atoms with Crippen LogP contribution in [0.4, 0.5) is 0 Å². The summed E-state index contributed by atoms with van der Waals surface area (Å²) in [6.45, 7) is 7.56. The Labute approximate surface area is 137 Å². The minimum Gasteiger partial charge on any atom is -0.381 e. The molecule has 3 rings (SSSR count). The molecule has 2 saturated heterocycles. The molecule has 1 amide bonds. The van der Waals surface area contributed by atoms with Crippen molar-refractivity contribution in [3.8, 4) is 0 Å². The van der Waals surface area contributed by atoms with Gasteiger partial charge in [-0.2, -0.15) is 5.10 Å². The van der Waals surface area contributed by atoms with Crippen LogP contribution in [-0.4, -0.2) is 58.3 Å². The van der Waals surface area contributed by atoms with Crippen LogP contribution in [0.3, 0.4) is 0 Å². The molecule has 1 atom stereocenters. The van der Waals surface area contributed by atoms with Gasteiger partial charge < -0.3 is 15.0 Å². The van der Waals surface area contributed by atoms with Crippen LogP contribution >= 0.6 is 0 Å². The Kier molecular flexibility index (Phi) is 5.27. The van der Waals surface area contributed by atoms with E-state index in [0.29, 0.717) is 11.9 Å². The van der Waals surface area contributed by atoms with E-state index in [2.05, 4.69) is 25.4 Å². The van der Waals surface area contributed by atoms with E-state index in [4.69, 9.17) is 4.74 Å². The summed E-state index contributed by atoms with van der Waals surface area (Å²) in [6, 6.07) is 0.490. The number of piperidine rings is 1. The first-order valence-electron chi connectivity index (χ1n) is 8.64. The maximum Gasteiger partial charge on any atom is 0.223 e. The molecule has 0 bridgehead atoms. The summed E-state index contributed by atoms with van der Waals surface area (Å²) in [5.74, 6) is 1.65. The molecule has 1 aromatic heterocycles. The van der Waals surface area contributed by atoms with Gasteiger partial charge in [-0.25, -0.2) is 4.98 Å². The Morgan fingerprint density at radius 2 is 2.00 bits per heavy atom. The SMILES string of the molecule is Cc1nc(C(C)NC(=O)C2CCN(C3CCOCC3)CC2)n[nH]1. The lowest BCUT2D eigenvalue weighted by atomic mass is 9.93. The number of nitrogens with zero attached hydrogens (tertiary/aromatic N) is 3. The van der Waals surface area contributed by atoms with Crippen molar-refractivity contribution in [2.75, 3.05) is 26.3 Å². The highest BCUT2D eigenvalue weighted by molar-refractivity contribution is 5.79. The highest BCUT2D eigenvalue weighted by Gasteiger charge is 2.30. The van der Waals surface area contributed by atoms with Gasteiger partial charge in [0, 0.05) is 25.2 Å². The number of carbonyl (C=O) groups excluding carboxylic acids is 1. The molecule has 7 heteroatoms. The molecule has 2 N–H and O–H groups in total. The average molecular weight is 321 g/mol. The predicted molar refractivity (Wildman–Crippen MR) is 85.8 cm³/mol. The molecule has 7 nitrogen and oxygen atoms in total. The zero-order valence-corrected chi connectivity index (χ0v) is 14.0. The van der Waals surface area contributed by atoms with Crippen molar-refractivity contribution in [1.29, 1.82) is 0 Å². The number of H-pyrrole nitrogens is 1. The number of ether oxygens (including phenoxy) is 1. The number of hydrogen-bond donors (Lipinski definition) is 2. The summed E-state index contributed by atoms with van der Waals surface area (Å²) in [4.78, 5) is 19.3. The number of carbonyl (C=O) groups is 1. The molecule has 2 aliphatic heterocycles. The Bertz CT molecular complexity index is 518. The fraction of sp³-hybridized carbons (Fsp3) is 0.812. The quantitative estimate of drug-likeness (QED) is 0.870. The lowest BCUT2D eigenvalue weighted by molar-refractivity contribution is -0.127. The third-order valence-corrected chi connectivity index (χ3v) is 4.97. The second-order valence-electron chi connectivity index (χ2n) is 6.66. The third kappa shape index (κ3) is 4.09. The highest BCUT2D eigenvalue weighted by atomic mass is 16.5. The van der Waals surface area contributed by atoms with Crippen LogP contribution in [0.2, 0.25) is 0 Å². The molecular formula is C16H27N5O2. The summed E-state index contributed by atoms with van der Waals surface area (Å²) in [5.41, 5.74) is 0. The van der Waals surface area contributed by atoms with Crippen molar-refractivity contribution in [3.63, 3.8) is 0 Å². The Balaban J connectivity index is 1.46. The van der Waals surface area contributed by atoms with Crippen molar-refractivity contribution in [3.05, 3.63) is 11.6 Å². The van der Waals surface area contributed by atoms with Gasteiger partial charge in [-0.15, -0.1) is 0 Å². The zero-order chi connectivity index (χ0) is 16.2. The Morgan fingerprint density at radius 1 is 1.30 bits per heavy atom. The fourth-order valence-electron chi connectivity index (χ4n) is 3.53. The van der Waals surface area contributed by atoms with Crippen molar-refractivity contribution >= 4 is 5.91 Å². The van der Waals surface area contributed by atoms with Gasteiger partial charge in [0.2, 0.25) is 5.91 Å². The first-order valence-corrected chi connectivity index (χ1v) is 8.64. The predicted octanol–water partition coefficient (Wildman–Crippen LogP) is 1.18. The third-order valence-electron chi connectivity index (χ3n) is 4.97. The van der Waals surface area contributed by atoms with Crippen LogP contribution in [-0.2, 0) is 9.53 Å². The summed E-state index contributed by atoms with van der Waals surface area (Å²) in [6.07, 6.45) is 4.11. The number of amides is 1. The molecular weight excluding hydrogens is 294 g/mol. The number of aromatic amines is 1. The fourth-order valence-corrected chi connectivity index (χ4v) is 3.53. The normalized spacial score (nSPS) is 22.9. The smallest absolute Gasteiger partial charge is 0.223 e. The molecule has 3 heterocycles. The van der Waals surface area contributed by atoms with Gasteiger partial charge in [0.25, 0.3) is 0 Å². The van der Waals surface area contributed by atoms with E-state index < -0.39 is 0 Å². The minimum atomic E-state index is -0.152. The van der Waals surface area contributed by atoms with E-state index in [1.54, 1.807) is 0 Å². The van der Waals surface area contributed by atoms with Crippen LogP contribution in [0.15, 0.2) is 0 Å². The van der Waals surface area contributed by atoms with Gasteiger partial charge in [-0.1, -0.05) is 0 Å². The largest absolute Gasteiger partial charge is 0.381 e. The summed E-state index contributed by atoms with van der Waals surface area (Å²) in [7, 11) is 0. The highest BCUT2D eigenvalue weighted by Crippen LogP contribution is 2.24. The monoisotopic (exact) mass is 321 g/mol. The molecule has 1 aromatic rings. The van der Waals surface area contributed by atoms with Crippen molar-refractivity contribution in [2.24, 2.45) is 5.92 Å². The van der Waals surface area contributed by atoms with Crippen LogP contribution in [0.5, 0.6) is 0 Å². The molecule has 0 saturated carbocycles. The molecule has 0 aromatic carbocycles. The molecule has 0 spiro atoms. The topological polar surface area (TPSA) is 83.1 Å². The first kappa shape index (κ1) is 16.4. The maximum atomic E-state index is 12.5. The molecule has 2 fully saturated rings. The minimum absolute atomic E-state index is 0.105. The number of aryl methyl sites for hydroxylation is 1. The van der Waals surface area contributed by atoms with E-state index in [1.807, 2.05) is 13.8 Å². The Hall–Kier alpha value is -1.47. The second kappa shape index (κ2) is 7.40. The van der Waals surface area contributed by atoms with Crippen molar-refractivity contribution < 1.29 is 9.53 Å². The number of hydrogen-bond acceptors (Lipinski definition) is 5. The van der Waals surface area contributed by atoms with Crippen LogP contribution in [0, 0.1) is 12.8 Å². The maximum absolute atomic E-state index is 12.5. The number of likely N-dealkylation sites (tertiary alicyclic amines) is 1. The summed E-state index contributed by atoms with van der Waals surface area (Å²) >= 11 is 0. The summed E-state index contributed by atoms with van der Waals surface area (Å²) in [5, 5.41) is 9.98. The average Bonchev–Trinajstić information content (AvgIpc) is 3.02. The molecule has 128 valence electrons. The van der Waals surface area contributed by atoms with E-state index in [-0.39, 0.29) is 17.9 Å². The van der Waals surface area contributed by atoms with Gasteiger partial charge in [0.05, 0.1) is 6.04 Å². The Morgan fingerprint density at radius 3 is 2.61 bits per heavy atom. The molecule has 23 heavy (non-hydrogen) atoms. The molecule has 2 aliphatic rings. The van der Waals surface area contributed by atoms with Gasteiger partial charge in [-0.3, -0.25) is 9.89 Å². The molecule has 0 aliphatic carbocycles. The van der Waals surface area contributed by atoms with Gasteiger partial charge in [-0.05, 0) is 52.6 Å². The molecule has 1 unspecified atom stereocenters. The number of rotatable bonds is 4. The van der Waals surface area contributed by atoms with Gasteiger partial charge in [0.15, 0.2) is 5.82 Å². The lowest BCUT2D eigenvalue weighted by Gasteiger charge is -2.38. The number of aromatic nitrogens is 3. The summed E-state index contributed by atoms with van der Waals surface area (Å²) < 4.78 is 5.43. The zero-order valence-electron chi connectivity index (χ0n) is 14.0. The van der Waals surface area contributed by atoms with Crippen molar-refractivity contribution in [1.82, 2.24) is 25.4 Å². The van der Waals surface area contributed by atoms with E-state index in [1.165, 1.54) is 0 Å². The van der Waals surface area contributed by atoms with Crippen LogP contribution < -0.4 is 5.32 Å². The van der Waals surface area contributed by atoms with Crippen LogP contribution in [0.25, 0.3) is 0 Å². The van der Waals surface area contributed by atoms with E-state index in [0.717, 1.165) is 57.8 Å². The van der Waals surface area contributed by atoms with Crippen molar-refractivity contribution in [2.45, 2.75) is 51.6 Å². The standard InChI is InChI=1S/C16H27N5O2/c1-11(15-18-12(2)19-20-15)17-16(22)13-3-7-21(8-4-13)14-5-9-23-10-6-14/h11,13-14H,3-10H2,1-2H3,(H,17,22)(H,18,19,20). The molecule has 0 radical (unpaired) electrons. The van der Waals surface area contributed by atoms with E-state index >= 15 is 0 Å². The first-order chi connectivity index (χ1) is 11.1. The number of nitrogens with one attached hydrogen (secondary N) is 2.